The second kappa shape index (κ2) is 3.81. The molecular weight excluding hydrogens is 198 g/mol. The molecule has 3 heteroatoms. The summed E-state index contributed by atoms with van der Waals surface area (Å²) in [5.74, 6) is 1.95. The summed E-state index contributed by atoms with van der Waals surface area (Å²) >= 11 is 0. The average Bonchev–Trinajstić information content (AvgIpc) is 2.90. The van der Waals surface area contributed by atoms with Crippen molar-refractivity contribution in [3.8, 4) is 0 Å². The van der Waals surface area contributed by atoms with Gasteiger partial charge < -0.3 is 4.90 Å². The van der Waals surface area contributed by atoms with Crippen LogP contribution in [0.5, 0.6) is 0 Å². The highest BCUT2D eigenvalue weighted by Gasteiger charge is 2.40. The maximum absolute atomic E-state index is 4.61. The molecule has 0 radical (unpaired) electrons. The lowest BCUT2D eigenvalue weighted by Crippen LogP contribution is -2.24. The second-order valence-corrected chi connectivity index (χ2v) is 5.40. The first-order valence-electron chi connectivity index (χ1n) is 6.29. The van der Waals surface area contributed by atoms with E-state index in [2.05, 4.69) is 28.7 Å². The summed E-state index contributed by atoms with van der Waals surface area (Å²) in [6.07, 6.45) is 5.02. The van der Waals surface area contributed by atoms with Gasteiger partial charge in [-0.25, -0.2) is 0 Å². The van der Waals surface area contributed by atoms with Crippen molar-refractivity contribution < 1.29 is 0 Å². The summed E-state index contributed by atoms with van der Waals surface area (Å²) < 4.78 is 0. The predicted octanol–water partition coefficient (Wildman–Crippen LogP) is 2.02. The fraction of sp³-hybridized carbons (Fsp3) is 0.692. The molecule has 0 N–H and O–H groups in total. The van der Waals surface area contributed by atoms with Crippen LogP contribution in [0, 0.1) is 5.92 Å². The van der Waals surface area contributed by atoms with E-state index in [-0.39, 0.29) is 0 Å². The molecule has 0 spiro atoms. The SMILES string of the molecule is CC(C)c1nccnc1[C@@H]1CN2CC[C@H]1C2. The Balaban J connectivity index is 1.94. The zero-order chi connectivity index (χ0) is 11.1. The van der Waals surface area contributed by atoms with Gasteiger partial charge in [0.2, 0.25) is 0 Å². The van der Waals surface area contributed by atoms with Crippen molar-refractivity contribution >= 4 is 0 Å². The molecule has 2 aliphatic heterocycles. The molecule has 2 fully saturated rings. The van der Waals surface area contributed by atoms with E-state index in [0.29, 0.717) is 11.8 Å². The predicted molar refractivity (Wildman–Crippen MR) is 63.4 cm³/mol. The zero-order valence-electron chi connectivity index (χ0n) is 10.1. The van der Waals surface area contributed by atoms with Gasteiger partial charge in [-0.15, -0.1) is 0 Å². The van der Waals surface area contributed by atoms with Crippen LogP contribution in [-0.2, 0) is 0 Å². The van der Waals surface area contributed by atoms with Crippen molar-refractivity contribution in [1.82, 2.24) is 14.9 Å². The van der Waals surface area contributed by atoms with Gasteiger partial charge in [-0.1, -0.05) is 13.8 Å². The van der Waals surface area contributed by atoms with Crippen LogP contribution in [-0.4, -0.2) is 34.5 Å². The van der Waals surface area contributed by atoms with Crippen LogP contribution in [0.25, 0.3) is 0 Å². The number of piperidine rings is 1. The van der Waals surface area contributed by atoms with Gasteiger partial charge in [-0.05, 0) is 24.8 Å². The smallest absolute Gasteiger partial charge is 0.0668 e. The number of nitrogens with zero attached hydrogens (tertiary/aromatic N) is 3. The molecule has 0 aromatic carbocycles. The summed E-state index contributed by atoms with van der Waals surface area (Å²) in [6.45, 7) is 8.18. The van der Waals surface area contributed by atoms with E-state index in [1.165, 1.54) is 37.4 Å². The van der Waals surface area contributed by atoms with Crippen LogP contribution in [0.2, 0.25) is 0 Å². The van der Waals surface area contributed by atoms with Gasteiger partial charge in [-0.3, -0.25) is 9.97 Å². The van der Waals surface area contributed by atoms with E-state index in [1.54, 1.807) is 0 Å². The number of fused-ring (bicyclic) bond motifs is 2. The molecule has 16 heavy (non-hydrogen) atoms. The first-order valence-corrected chi connectivity index (χ1v) is 6.29. The van der Waals surface area contributed by atoms with Crippen LogP contribution in [0.1, 0.15) is 43.5 Å². The zero-order valence-corrected chi connectivity index (χ0v) is 10.1. The van der Waals surface area contributed by atoms with E-state index in [4.69, 9.17) is 0 Å². The minimum absolute atomic E-state index is 0.484. The fourth-order valence-electron chi connectivity index (χ4n) is 3.18. The van der Waals surface area contributed by atoms with E-state index in [1.807, 2.05) is 12.4 Å². The van der Waals surface area contributed by atoms with Gasteiger partial charge >= 0.3 is 0 Å². The third-order valence-electron chi connectivity index (χ3n) is 3.99. The van der Waals surface area contributed by atoms with Crippen LogP contribution >= 0.6 is 0 Å². The van der Waals surface area contributed by atoms with E-state index >= 15 is 0 Å². The molecule has 2 aliphatic rings. The third-order valence-corrected chi connectivity index (χ3v) is 3.99. The van der Waals surface area contributed by atoms with Crippen LogP contribution < -0.4 is 0 Å². The standard InChI is InChI=1S/C13H19N3/c1-9(2)12-13(15-5-4-14-12)11-8-16-6-3-10(11)7-16/h4-5,9-11H,3,6-8H2,1-2H3/t10-,11+/m0/s1. The van der Waals surface area contributed by atoms with Crippen molar-refractivity contribution in [3.63, 3.8) is 0 Å². The van der Waals surface area contributed by atoms with Crippen molar-refractivity contribution in [2.24, 2.45) is 5.92 Å². The average molecular weight is 217 g/mol. The second-order valence-electron chi connectivity index (χ2n) is 5.40. The van der Waals surface area contributed by atoms with Crippen LogP contribution in [0.4, 0.5) is 0 Å². The Hall–Kier alpha value is -0.960. The monoisotopic (exact) mass is 217 g/mol. The molecule has 1 aromatic heterocycles. The third kappa shape index (κ3) is 1.54. The van der Waals surface area contributed by atoms with Gasteiger partial charge in [0.05, 0.1) is 11.4 Å². The lowest BCUT2D eigenvalue weighted by atomic mass is 9.87. The molecule has 86 valence electrons. The molecule has 2 saturated heterocycles. The van der Waals surface area contributed by atoms with Gasteiger partial charge in [0.1, 0.15) is 0 Å². The quantitative estimate of drug-likeness (QED) is 0.759. The Morgan fingerprint density at radius 1 is 1.25 bits per heavy atom. The first-order chi connectivity index (χ1) is 7.75. The van der Waals surface area contributed by atoms with E-state index in [0.717, 1.165) is 5.92 Å². The topological polar surface area (TPSA) is 29.0 Å². The lowest BCUT2D eigenvalue weighted by Gasteiger charge is -2.23. The molecule has 3 rings (SSSR count). The Morgan fingerprint density at radius 2 is 2.06 bits per heavy atom. The van der Waals surface area contributed by atoms with Crippen LogP contribution in [0.3, 0.4) is 0 Å². The Bertz CT molecular complexity index is 389. The van der Waals surface area contributed by atoms with Crippen molar-refractivity contribution in [3.05, 3.63) is 23.8 Å². The van der Waals surface area contributed by atoms with Crippen LogP contribution in [0.15, 0.2) is 12.4 Å². The normalized spacial score (nSPS) is 32.6. The molecular formula is C13H19N3. The molecule has 1 unspecified atom stereocenters. The van der Waals surface area contributed by atoms with E-state index < -0.39 is 0 Å². The minimum atomic E-state index is 0.484. The fourth-order valence-corrected chi connectivity index (χ4v) is 3.18. The summed E-state index contributed by atoms with van der Waals surface area (Å²) in [7, 11) is 0. The summed E-state index contributed by atoms with van der Waals surface area (Å²) in [6, 6.07) is 0. The summed E-state index contributed by atoms with van der Waals surface area (Å²) in [5.41, 5.74) is 2.48. The van der Waals surface area contributed by atoms with Crippen molar-refractivity contribution in [1.29, 1.82) is 0 Å². The van der Waals surface area contributed by atoms with Gasteiger partial charge in [0.15, 0.2) is 0 Å². The summed E-state index contributed by atoms with van der Waals surface area (Å²) in [4.78, 5) is 11.7. The minimum Gasteiger partial charge on any atom is -0.302 e. The number of hydrogen-bond donors (Lipinski definition) is 0. The number of rotatable bonds is 2. The maximum atomic E-state index is 4.61. The number of hydrogen-bond acceptors (Lipinski definition) is 3. The molecule has 3 nitrogen and oxygen atoms in total. The molecule has 0 amide bonds. The van der Waals surface area contributed by atoms with Gasteiger partial charge in [-0.2, -0.15) is 0 Å². The number of aromatic nitrogens is 2. The largest absolute Gasteiger partial charge is 0.302 e. The Labute approximate surface area is 96.9 Å². The van der Waals surface area contributed by atoms with E-state index in [9.17, 15) is 0 Å². The highest BCUT2D eigenvalue weighted by atomic mass is 15.2. The molecule has 2 bridgehead atoms. The molecule has 0 saturated carbocycles. The van der Waals surface area contributed by atoms with Gasteiger partial charge in [0, 0.05) is 31.4 Å². The Kier molecular flexibility index (Phi) is 2.43. The summed E-state index contributed by atoms with van der Waals surface area (Å²) in [5, 5.41) is 0. The molecule has 3 atom stereocenters. The van der Waals surface area contributed by atoms with Gasteiger partial charge in [0.25, 0.3) is 0 Å². The highest BCUT2D eigenvalue weighted by molar-refractivity contribution is 5.22. The Morgan fingerprint density at radius 3 is 2.69 bits per heavy atom. The lowest BCUT2D eigenvalue weighted by molar-refractivity contribution is 0.342. The van der Waals surface area contributed by atoms with Crippen molar-refractivity contribution in [2.75, 3.05) is 19.6 Å². The molecule has 3 heterocycles. The highest BCUT2D eigenvalue weighted by Crippen LogP contribution is 2.40. The first kappa shape index (κ1) is 10.2. The molecule has 1 aromatic rings. The molecule has 0 aliphatic carbocycles. The maximum Gasteiger partial charge on any atom is 0.0668 e. The van der Waals surface area contributed by atoms with Crippen molar-refractivity contribution in [2.45, 2.75) is 32.1 Å².